The number of amides is 1. The average molecular weight is 430 g/mol. The van der Waals surface area contributed by atoms with E-state index in [0.29, 0.717) is 26.9 Å². The molecule has 0 aliphatic carbocycles. The van der Waals surface area contributed by atoms with Gasteiger partial charge in [-0.2, -0.15) is 0 Å². The van der Waals surface area contributed by atoms with Crippen molar-refractivity contribution >= 4 is 55.7 Å². The number of aromatic amines is 1. The summed E-state index contributed by atoms with van der Waals surface area (Å²) in [7, 11) is 0. The second kappa shape index (κ2) is 8.21. The fourth-order valence-electron chi connectivity index (χ4n) is 2.63. The molecule has 0 bridgehead atoms. The molecular weight excluding hydrogens is 414 g/mol. The minimum absolute atomic E-state index is 0.158. The molecule has 0 saturated heterocycles. The van der Waals surface area contributed by atoms with Crippen LogP contribution in [0.5, 0.6) is 0 Å². The molecule has 0 atom stereocenters. The van der Waals surface area contributed by atoms with E-state index < -0.39 is 0 Å². The van der Waals surface area contributed by atoms with Crippen molar-refractivity contribution in [1.82, 2.24) is 20.2 Å². The summed E-state index contributed by atoms with van der Waals surface area (Å²) in [6.07, 6.45) is 0. The van der Waals surface area contributed by atoms with Crippen LogP contribution in [-0.2, 0) is 10.5 Å². The van der Waals surface area contributed by atoms with E-state index >= 15 is 0 Å². The van der Waals surface area contributed by atoms with Crippen molar-refractivity contribution in [1.29, 1.82) is 0 Å². The van der Waals surface area contributed by atoms with Gasteiger partial charge in [-0.3, -0.25) is 14.9 Å². The fourth-order valence-corrected chi connectivity index (χ4v) is 4.90. The molecule has 3 heterocycles. The van der Waals surface area contributed by atoms with Gasteiger partial charge in [0.1, 0.15) is 15.7 Å². The van der Waals surface area contributed by atoms with Gasteiger partial charge >= 0.3 is 0 Å². The van der Waals surface area contributed by atoms with Gasteiger partial charge in [0, 0.05) is 10.9 Å². The zero-order chi connectivity index (χ0) is 19.5. The van der Waals surface area contributed by atoms with Crippen molar-refractivity contribution in [2.24, 2.45) is 0 Å². The highest BCUT2D eigenvalue weighted by Gasteiger charge is 2.13. The Bertz CT molecular complexity index is 1180. The average Bonchev–Trinajstić information content (AvgIpc) is 3.29. The molecule has 0 aliphatic heterocycles. The van der Waals surface area contributed by atoms with Gasteiger partial charge in [0.2, 0.25) is 11.0 Å². The molecule has 0 spiro atoms. The second-order valence-corrected chi connectivity index (χ2v) is 8.90. The highest BCUT2D eigenvalue weighted by molar-refractivity contribution is 7.99. The van der Waals surface area contributed by atoms with Gasteiger partial charge < -0.3 is 4.98 Å². The van der Waals surface area contributed by atoms with Crippen LogP contribution in [0, 0.1) is 6.92 Å². The lowest BCUT2D eigenvalue weighted by molar-refractivity contribution is -0.113. The first kappa shape index (κ1) is 18.8. The molecule has 4 aromatic rings. The number of thioether (sulfide) groups is 1. The summed E-state index contributed by atoms with van der Waals surface area (Å²) in [6.45, 7) is 1.83. The summed E-state index contributed by atoms with van der Waals surface area (Å²) >= 11 is 4.15. The van der Waals surface area contributed by atoms with Crippen LogP contribution in [0.4, 0.5) is 5.13 Å². The Kier molecular flexibility index (Phi) is 5.51. The number of nitrogens with zero attached hydrogens (tertiary/aromatic N) is 3. The number of aryl methyl sites for hydroxylation is 1. The number of hydrogen-bond donors (Lipinski definition) is 2. The van der Waals surface area contributed by atoms with Crippen LogP contribution in [0.15, 0.2) is 40.5 Å². The topological polar surface area (TPSA) is 101 Å². The lowest BCUT2D eigenvalue weighted by Gasteiger charge is -2.03. The lowest BCUT2D eigenvalue weighted by Crippen LogP contribution is -2.15. The van der Waals surface area contributed by atoms with Gasteiger partial charge in [0.15, 0.2) is 0 Å². The maximum absolute atomic E-state index is 12.6. The predicted octanol–water partition coefficient (Wildman–Crippen LogP) is 3.68. The van der Waals surface area contributed by atoms with Gasteiger partial charge in [-0.15, -0.1) is 33.3 Å². The monoisotopic (exact) mass is 429 g/mol. The number of rotatable bonds is 6. The van der Waals surface area contributed by atoms with Gasteiger partial charge in [0.25, 0.3) is 5.56 Å². The van der Waals surface area contributed by atoms with Gasteiger partial charge in [-0.25, -0.2) is 4.98 Å². The minimum Gasteiger partial charge on any atom is -0.309 e. The number of hydrogen-bond acceptors (Lipinski definition) is 8. The summed E-state index contributed by atoms with van der Waals surface area (Å²) in [5, 5.41) is 14.3. The van der Waals surface area contributed by atoms with Gasteiger partial charge in [-0.1, -0.05) is 41.7 Å². The van der Waals surface area contributed by atoms with E-state index in [9.17, 15) is 9.59 Å². The van der Waals surface area contributed by atoms with Crippen molar-refractivity contribution in [3.63, 3.8) is 0 Å². The molecule has 7 nitrogen and oxygen atoms in total. The first-order valence-corrected chi connectivity index (χ1v) is 11.2. The molecule has 2 N–H and O–H groups in total. The first-order chi connectivity index (χ1) is 13.6. The third kappa shape index (κ3) is 4.13. The maximum atomic E-state index is 12.6. The molecule has 3 aromatic heterocycles. The molecule has 1 aromatic carbocycles. The number of aromatic nitrogens is 4. The molecule has 28 heavy (non-hydrogen) atoms. The predicted molar refractivity (Wildman–Crippen MR) is 115 cm³/mol. The number of thiophene rings is 1. The molecule has 4 rings (SSSR count). The summed E-state index contributed by atoms with van der Waals surface area (Å²) in [4.78, 5) is 32.7. The van der Waals surface area contributed by atoms with Crippen molar-refractivity contribution in [3.05, 3.63) is 56.9 Å². The highest BCUT2D eigenvalue weighted by Crippen LogP contribution is 2.30. The van der Waals surface area contributed by atoms with E-state index in [1.807, 2.05) is 42.6 Å². The summed E-state index contributed by atoms with van der Waals surface area (Å²) in [6, 6.07) is 9.78. The molecule has 0 radical (unpaired) electrons. The number of benzene rings is 1. The molecule has 0 saturated carbocycles. The van der Waals surface area contributed by atoms with Crippen LogP contribution in [0.1, 0.15) is 10.8 Å². The third-order valence-electron chi connectivity index (χ3n) is 3.82. The number of fused-ring (bicyclic) bond motifs is 1. The van der Waals surface area contributed by atoms with Crippen LogP contribution in [0.3, 0.4) is 0 Å². The van der Waals surface area contributed by atoms with Crippen molar-refractivity contribution in [3.8, 4) is 11.1 Å². The third-order valence-corrected chi connectivity index (χ3v) is 6.39. The Morgan fingerprint density at radius 2 is 2.07 bits per heavy atom. The molecule has 0 unspecified atom stereocenters. The summed E-state index contributed by atoms with van der Waals surface area (Å²) in [5.74, 6) is 1.07. The number of H-pyrrole nitrogens is 1. The minimum atomic E-state index is -0.160. The fraction of sp³-hybridized carbons (Fsp3) is 0.167. The van der Waals surface area contributed by atoms with Crippen LogP contribution in [0.2, 0.25) is 0 Å². The Labute approximate surface area is 172 Å². The normalized spacial score (nSPS) is 11.0. The number of nitrogens with one attached hydrogen (secondary N) is 2. The van der Waals surface area contributed by atoms with E-state index in [1.54, 1.807) is 0 Å². The van der Waals surface area contributed by atoms with Gasteiger partial charge in [0.05, 0.1) is 16.9 Å². The molecule has 1 amide bonds. The van der Waals surface area contributed by atoms with E-state index in [-0.39, 0.29) is 17.2 Å². The molecule has 10 heteroatoms. The molecule has 142 valence electrons. The quantitative estimate of drug-likeness (QED) is 0.485. The van der Waals surface area contributed by atoms with E-state index in [2.05, 4.69) is 25.5 Å². The number of carbonyl (C=O) groups is 1. The van der Waals surface area contributed by atoms with Crippen molar-refractivity contribution < 1.29 is 4.79 Å². The summed E-state index contributed by atoms with van der Waals surface area (Å²) < 4.78 is 0. The number of anilines is 1. The van der Waals surface area contributed by atoms with Gasteiger partial charge in [-0.05, 0) is 12.5 Å². The Balaban J connectivity index is 1.44. The van der Waals surface area contributed by atoms with Crippen LogP contribution < -0.4 is 10.9 Å². The number of carbonyl (C=O) groups excluding carboxylic acids is 1. The first-order valence-electron chi connectivity index (χ1n) is 8.33. The highest BCUT2D eigenvalue weighted by atomic mass is 32.2. The largest absolute Gasteiger partial charge is 0.309 e. The Morgan fingerprint density at radius 3 is 2.82 bits per heavy atom. The smallest absolute Gasteiger partial charge is 0.260 e. The van der Waals surface area contributed by atoms with E-state index in [1.165, 1.54) is 34.4 Å². The Morgan fingerprint density at radius 1 is 1.25 bits per heavy atom. The molecular formula is C18H15N5O2S3. The van der Waals surface area contributed by atoms with E-state index in [4.69, 9.17) is 0 Å². The zero-order valence-corrected chi connectivity index (χ0v) is 17.2. The molecule has 0 aliphatic rings. The Hall–Kier alpha value is -2.56. The van der Waals surface area contributed by atoms with Crippen molar-refractivity contribution in [2.45, 2.75) is 12.7 Å². The SMILES string of the molecule is Cc1nnc(NC(=O)CSCc2nc3scc(-c4ccccc4)c3c(=O)[nH]2)s1. The van der Waals surface area contributed by atoms with E-state index in [0.717, 1.165) is 16.1 Å². The maximum Gasteiger partial charge on any atom is 0.260 e. The lowest BCUT2D eigenvalue weighted by atomic mass is 10.1. The zero-order valence-electron chi connectivity index (χ0n) is 14.8. The van der Waals surface area contributed by atoms with Crippen LogP contribution >= 0.6 is 34.4 Å². The summed E-state index contributed by atoms with van der Waals surface area (Å²) in [5.41, 5.74) is 1.72. The second-order valence-electron chi connectivity index (χ2n) is 5.88. The van der Waals surface area contributed by atoms with Crippen molar-refractivity contribution in [2.75, 3.05) is 11.1 Å². The molecule has 0 fully saturated rings. The standard InChI is InChI=1S/C18H15N5O2S3/c1-10-22-23-18(28-10)21-14(24)9-26-8-13-19-16(25)15-12(7-27-17(15)20-13)11-5-3-2-4-6-11/h2-7H,8-9H2,1H3,(H,19,20,25)(H,21,23,24). The van der Waals surface area contributed by atoms with Crippen LogP contribution in [0.25, 0.3) is 21.3 Å². The van der Waals surface area contributed by atoms with Crippen LogP contribution in [-0.4, -0.2) is 31.8 Å².